The largest absolute Gasteiger partial charge is 0.310 e. The van der Waals surface area contributed by atoms with Crippen LogP contribution in [0.5, 0.6) is 0 Å². The first kappa shape index (κ1) is 13.0. The van der Waals surface area contributed by atoms with Gasteiger partial charge in [-0.15, -0.1) is 6.58 Å². The summed E-state index contributed by atoms with van der Waals surface area (Å²) < 4.78 is 0. The zero-order valence-electron chi connectivity index (χ0n) is 10.6. The minimum Gasteiger partial charge on any atom is -0.310 e. The second-order valence-corrected chi connectivity index (χ2v) is 4.69. The molecule has 1 nitrogen and oxygen atoms in total. The third kappa shape index (κ3) is 3.82. The summed E-state index contributed by atoms with van der Waals surface area (Å²) in [5, 5.41) is 3.49. The quantitative estimate of drug-likeness (QED) is 0.718. The highest BCUT2D eigenvalue weighted by molar-refractivity contribution is 5.20. The van der Waals surface area contributed by atoms with Crippen LogP contribution in [0, 0.1) is 5.92 Å². The molecule has 0 saturated carbocycles. The van der Waals surface area contributed by atoms with Gasteiger partial charge in [0.1, 0.15) is 0 Å². The third-order valence-corrected chi connectivity index (χ3v) is 3.05. The number of hydrogen-bond acceptors (Lipinski definition) is 1. The van der Waals surface area contributed by atoms with E-state index in [1.807, 2.05) is 6.08 Å². The average molecular weight is 217 g/mol. The molecule has 88 valence electrons. The Balaban J connectivity index is 2.65. The molecule has 0 saturated heterocycles. The molecule has 1 heteroatoms. The lowest BCUT2D eigenvalue weighted by Crippen LogP contribution is -2.30. The van der Waals surface area contributed by atoms with Crippen LogP contribution in [0.25, 0.3) is 0 Å². The van der Waals surface area contributed by atoms with Crippen LogP contribution in [-0.2, 0) is 0 Å². The van der Waals surface area contributed by atoms with Crippen molar-refractivity contribution in [3.8, 4) is 0 Å². The van der Waals surface area contributed by atoms with Gasteiger partial charge in [-0.05, 0) is 24.3 Å². The Kier molecular flexibility index (Phi) is 5.27. The van der Waals surface area contributed by atoms with E-state index < -0.39 is 0 Å². The van der Waals surface area contributed by atoms with E-state index in [2.05, 4.69) is 63.0 Å². The van der Waals surface area contributed by atoms with Gasteiger partial charge in [0.2, 0.25) is 0 Å². The summed E-state index contributed by atoms with van der Waals surface area (Å²) in [4.78, 5) is 0. The van der Waals surface area contributed by atoms with Crippen molar-refractivity contribution in [2.24, 2.45) is 5.92 Å². The van der Waals surface area contributed by atoms with Gasteiger partial charge in [-0.2, -0.15) is 0 Å². The predicted molar refractivity (Wildman–Crippen MR) is 71.7 cm³/mol. The van der Waals surface area contributed by atoms with E-state index in [-0.39, 0.29) is 0 Å². The SMILES string of the molecule is C=CC(C)NCC(c1ccccc1)C(C)C. The lowest BCUT2D eigenvalue weighted by molar-refractivity contribution is 0.451. The second-order valence-electron chi connectivity index (χ2n) is 4.69. The molecular formula is C15H23N. The summed E-state index contributed by atoms with van der Waals surface area (Å²) in [5.41, 5.74) is 1.42. The first-order valence-corrected chi connectivity index (χ1v) is 6.06. The molecule has 16 heavy (non-hydrogen) atoms. The molecule has 0 spiro atoms. The maximum absolute atomic E-state index is 3.79. The van der Waals surface area contributed by atoms with E-state index in [9.17, 15) is 0 Å². The summed E-state index contributed by atoms with van der Waals surface area (Å²) in [6.07, 6.45) is 1.95. The normalized spacial score (nSPS) is 14.8. The molecule has 0 aliphatic heterocycles. The monoisotopic (exact) mass is 217 g/mol. The first-order chi connectivity index (χ1) is 7.65. The van der Waals surface area contributed by atoms with Crippen molar-refractivity contribution in [2.45, 2.75) is 32.7 Å². The van der Waals surface area contributed by atoms with Crippen molar-refractivity contribution in [3.63, 3.8) is 0 Å². The minimum atomic E-state index is 0.380. The molecule has 1 N–H and O–H groups in total. The predicted octanol–water partition coefficient (Wildman–Crippen LogP) is 3.59. The number of hydrogen-bond donors (Lipinski definition) is 1. The zero-order valence-corrected chi connectivity index (χ0v) is 10.6. The van der Waals surface area contributed by atoms with Crippen LogP contribution in [0.4, 0.5) is 0 Å². The Bertz CT molecular complexity index is 302. The van der Waals surface area contributed by atoms with Crippen LogP contribution < -0.4 is 5.32 Å². The minimum absolute atomic E-state index is 0.380. The molecule has 0 radical (unpaired) electrons. The van der Waals surface area contributed by atoms with Crippen LogP contribution in [0.15, 0.2) is 43.0 Å². The Labute approximate surface area is 99.6 Å². The molecule has 0 heterocycles. The fraction of sp³-hybridized carbons (Fsp3) is 0.467. The highest BCUT2D eigenvalue weighted by atomic mass is 14.9. The second kappa shape index (κ2) is 6.49. The summed E-state index contributed by atoms with van der Waals surface area (Å²) >= 11 is 0. The molecule has 1 aromatic rings. The molecule has 0 bridgehead atoms. The Morgan fingerprint density at radius 3 is 2.31 bits per heavy atom. The van der Waals surface area contributed by atoms with Crippen molar-refractivity contribution in [2.75, 3.05) is 6.54 Å². The van der Waals surface area contributed by atoms with Gasteiger partial charge in [0.25, 0.3) is 0 Å². The fourth-order valence-corrected chi connectivity index (χ4v) is 1.83. The van der Waals surface area contributed by atoms with Gasteiger partial charge in [-0.25, -0.2) is 0 Å². The van der Waals surface area contributed by atoms with Crippen LogP contribution in [0.2, 0.25) is 0 Å². The van der Waals surface area contributed by atoms with E-state index in [1.54, 1.807) is 0 Å². The maximum atomic E-state index is 3.79. The summed E-state index contributed by atoms with van der Waals surface area (Å²) in [5.74, 6) is 1.22. The van der Waals surface area contributed by atoms with E-state index >= 15 is 0 Å². The topological polar surface area (TPSA) is 12.0 Å². The molecule has 0 aliphatic carbocycles. The van der Waals surface area contributed by atoms with E-state index in [0.717, 1.165) is 6.54 Å². The number of benzene rings is 1. The Morgan fingerprint density at radius 1 is 1.19 bits per heavy atom. The number of rotatable bonds is 6. The van der Waals surface area contributed by atoms with Crippen molar-refractivity contribution in [3.05, 3.63) is 48.6 Å². The van der Waals surface area contributed by atoms with Crippen molar-refractivity contribution in [1.29, 1.82) is 0 Å². The lowest BCUT2D eigenvalue weighted by Gasteiger charge is -2.23. The van der Waals surface area contributed by atoms with Crippen molar-refractivity contribution in [1.82, 2.24) is 5.32 Å². The molecule has 2 unspecified atom stereocenters. The highest BCUT2D eigenvalue weighted by Gasteiger charge is 2.15. The molecule has 2 atom stereocenters. The lowest BCUT2D eigenvalue weighted by atomic mass is 9.88. The van der Waals surface area contributed by atoms with Gasteiger partial charge in [0, 0.05) is 12.6 Å². The van der Waals surface area contributed by atoms with Crippen LogP contribution >= 0.6 is 0 Å². The molecule has 0 fully saturated rings. The smallest absolute Gasteiger partial charge is 0.0219 e. The van der Waals surface area contributed by atoms with Crippen molar-refractivity contribution >= 4 is 0 Å². The van der Waals surface area contributed by atoms with Gasteiger partial charge >= 0.3 is 0 Å². The van der Waals surface area contributed by atoms with Gasteiger partial charge in [-0.3, -0.25) is 0 Å². The van der Waals surface area contributed by atoms with E-state index in [1.165, 1.54) is 5.56 Å². The molecule has 0 amide bonds. The molecule has 1 rings (SSSR count). The van der Waals surface area contributed by atoms with Gasteiger partial charge in [-0.1, -0.05) is 50.3 Å². The van der Waals surface area contributed by atoms with Crippen LogP contribution in [-0.4, -0.2) is 12.6 Å². The van der Waals surface area contributed by atoms with Gasteiger partial charge in [0.05, 0.1) is 0 Å². The van der Waals surface area contributed by atoms with Crippen LogP contribution in [0.3, 0.4) is 0 Å². The highest BCUT2D eigenvalue weighted by Crippen LogP contribution is 2.23. The standard InChI is InChI=1S/C15H23N/c1-5-13(4)16-11-15(12(2)3)14-9-7-6-8-10-14/h5-10,12-13,15-16H,1,11H2,2-4H3. The molecule has 1 aromatic carbocycles. The van der Waals surface area contributed by atoms with Gasteiger partial charge in [0.15, 0.2) is 0 Å². The average Bonchev–Trinajstić information content (AvgIpc) is 2.30. The Morgan fingerprint density at radius 2 is 1.81 bits per heavy atom. The number of nitrogens with one attached hydrogen (secondary N) is 1. The Hall–Kier alpha value is -1.08. The molecular weight excluding hydrogens is 194 g/mol. The molecule has 0 aliphatic rings. The summed E-state index contributed by atoms with van der Waals surface area (Å²) in [6.45, 7) is 11.5. The van der Waals surface area contributed by atoms with Crippen LogP contribution in [0.1, 0.15) is 32.3 Å². The summed E-state index contributed by atoms with van der Waals surface area (Å²) in [6, 6.07) is 11.1. The zero-order chi connectivity index (χ0) is 12.0. The fourth-order valence-electron chi connectivity index (χ4n) is 1.83. The maximum Gasteiger partial charge on any atom is 0.0219 e. The summed E-state index contributed by atoms with van der Waals surface area (Å²) in [7, 11) is 0. The third-order valence-electron chi connectivity index (χ3n) is 3.05. The van der Waals surface area contributed by atoms with E-state index in [0.29, 0.717) is 17.9 Å². The van der Waals surface area contributed by atoms with Gasteiger partial charge < -0.3 is 5.32 Å². The van der Waals surface area contributed by atoms with E-state index in [4.69, 9.17) is 0 Å². The van der Waals surface area contributed by atoms with Crippen molar-refractivity contribution < 1.29 is 0 Å². The molecule has 0 aromatic heterocycles. The first-order valence-electron chi connectivity index (χ1n) is 6.06.